The summed E-state index contributed by atoms with van der Waals surface area (Å²) in [6.07, 6.45) is 5.79. The number of anilines is 1. The number of nitrogens with one attached hydrogen (secondary N) is 1. The molecule has 27 heavy (non-hydrogen) atoms. The van der Waals surface area contributed by atoms with Gasteiger partial charge in [-0.15, -0.1) is 0 Å². The molecular formula is C18H23N5O3S. The number of nitrogens with zero attached hydrogens (tertiary/aromatic N) is 3. The standard InChI is InChI=1S/C18H23N5O3S/c19-27(25,26)16-6-4-14(5-7-16)8-11-20-17(24)15-3-1-12-23(13-15)18-21-9-2-10-22-18/h2,4-7,9-10,15H,1,3,8,11-13H2,(H,20,24)(H2,19,25,26). The van der Waals surface area contributed by atoms with Gasteiger partial charge in [0.05, 0.1) is 10.8 Å². The van der Waals surface area contributed by atoms with Gasteiger partial charge in [-0.1, -0.05) is 12.1 Å². The lowest BCUT2D eigenvalue weighted by molar-refractivity contribution is -0.125. The second-order valence-electron chi connectivity index (χ2n) is 6.56. The highest BCUT2D eigenvalue weighted by Crippen LogP contribution is 2.20. The van der Waals surface area contributed by atoms with Crippen LogP contribution in [0, 0.1) is 5.92 Å². The van der Waals surface area contributed by atoms with Crippen LogP contribution >= 0.6 is 0 Å². The number of sulfonamides is 1. The normalized spacial score (nSPS) is 17.5. The van der Waals surface area contributed by atoms with Gasteiger partial charge in [-0.05, 0) is 43.0 Å². The van der Waals surface area contributed by atoms with Gasteiger partial charge in [0.2, 0.25) is 21.9 Å². The van der Waals surface area contributed by atoms with E-state index in [9.17, 15) is 13.2 Å². The first-order chi connectivity index (χ1) is 12.9. The fourth-order valence-corrected chi connectivity index (χ4v) is 3.66. The van der Waals surface area contributed by atoms with Crippen molar-refractivity contribution >= 4 is 21.9 Å². The zero-order chi connectivity index (χ0) is 19.3. The van der Waals surface area contributed by atoms with Crippen LogP contribution in [-0.2, 0) is 21.2 Å². The molecule has 8 nitrogen and oxygen atoms in total. The smallest absolute Gasteiger partial charge is 0.238 e. The van der Waals surface area contributed by atoms with Crippen molar-refractivity contribution in [2.24, 2.45) is 11.1 Å². The van der Waals surface area contributed by atoms with E-state index in [2.05, 4.69) is 15.3 Å². The first-order valence-electron chi connectivity index (χ1n) is 8.85. The monoisotopic (exact) mass is 389 g/mol. The molecule has 1 saturated heterocycles. The van der Waals surface area contributed by atoms with E-state index in [0.29, 0.717) is 25.5 Å². The molecule has 1 aliphatic rings. The molecule has 3 N–H and O–H groups in total. The van der Waals surface area contributed by atoms with Gasteiger partial charge in [-0.25, -0.2) is 23.5 Å². The summed E-state index contributed by atoms with van der Waals surface area (Å²) in [6, 6.07) is 8.14. The summed E-state index contributed by atoms with van der Waals surface area (Å²) < 4.78 is 22.5. The average molecular weight is 389 g/mol. The molecule has 1 atom stereocenters. The number of carbonyl (C=O) groups is 1. The number of hydrogen-bond donors (Lipinski definition) is 2. The first kappa shape index (κ1) is 19.2. The van der Waals surface area contributed by atoms with Gasteiger partial charge in [0.1, 0.15) is 0 Å². The fraction of sp³-hybridized carbons (Fsp3) is 0.389. The summed E-state index contributed by atoms with van der Waals surface area (Å²) in [6.45, 7) is 1.95. The summed E-state index contributed by atoms with van der Waals surface area (Å²) in [5.74, 6) is 0.592. The van der Waals surface area contributed by atoms with Gasteiger partial charge in [-0.3, -0.25) is 4.79 Å². The van der Waals surface area contributed by atoms with Crippen molar-refractivity contribution in [3.05, 3.63) is 48.3 Å². The number of aromatic nitrogens is 2. The third-order valence-corrected chi connectivity index (χ3v) is 5.52. The highest BCUT2D eigenvalue weighted by molar-refractivity contribution is 7.89. The summed E-state index contributed by atoms with van der Waals surface area (Å²) in [5, 5.41) is 8.05. The maximum atomic E-state index is 12.5. The Kier molecular flexibility index (Phi) is 6.02. The first-order valence-corrected chi connectivity index (χ1v) is 10.4. The number of benzene rings is 1. The van der Waals surface area contributed by atoms with Crippen molar-refractivity contribution in [3.63, 3.8) is 0 Å². The Morgan fingerprint density at radius 1 is 1.22 bits per heavy atom. The maximum Gasteiger partial charge on any atom is 0.238 e. The minimum Gasteiger partial charge on any atom is -0.355 e. The Labute approximate surface area is 158 Å². The Morgan fingerprint density at radius 2 is 1.93 bits per heavy atom. The third kappa shape index (κ3) is 5.24. The van der Waals surface area contributed by atoms with Crippen LogP contribution in [0.5, 0.6) is 0 Å². The Bertz CT molecular complexity index is 872. The highest BCUT2D eigenvalue weighted by atomic mass is 32.2. The minimum atomic E-state index is -3.68. The molecule has 0 bridgehead atoms. The molecule has 0 aliphatic carbocycles. The van der Waals surface area contributed by atoms with E-state index >= 15 is 0 Å². The van der Waals surface area contributed by atoms with E-state index in [0.717, 1.165) is 24.9 Å². The molecule has 1 aromatic heterocycles. The molecule has 2 aromatic rings. The van der Waals surface area contributed by atoms with E-state index in [1.165, 1.54) is 12.1 Å². The van der Waals surface area contributed by atoms with Crippen molar-refractivity contribution in [2.75, 3.05) is 24.5 Å². The van der Waals surface area contributed by atoms with Crippen molar-refractivity contribution in [3.8, 4) is 0 Å². The van der Waals surface area contributed by atoms with E-state index in [-0.39, 0.29) is 16.7 Å². The number of hydrogen-bond acceptors (Lipinski definition) is 6. The molecule has 144 valence electrons. The van der Waals surface area contributed by atoms with E-state index in [4.69, 9.17) is 5.14 Å². The van der Waals surface area contributed by atoms with Crippen LogP contribution in [-0.4, -0.2) is 43.9 Å². The van der Waals surface area contributed by atoms with Crippen LogP contribution in [0.2, 0.25) is 0 Å². The largest absolute Gasteiger partial charge is 0.355 e. The zero-order valence-electron chi connectivity index (χ0n) is 14.9. The number of primary sulfonamides is 1. The van der Waals surface area contributed by atoms with Gasteiger partial charge < -0.3 is 10.2 Å². The summed E-state index contributed by atoms with van der Waals surface area (Å²) in [4.78, 5) is 23.1. The molecule has 2 heterocycles. The third-order valence-electron chi connectivity index (χ3n) is 4.59. The van der Waals surface area contributed by atoms with Crippen LogP contribution in [0.15, 0.2) is 47.6 Å². The van der Waals surface area contributed by atoms with Gasteiger partial charge >= 0.3 is 0 Å². The molecule has 0 radical (unpaired) electrons. The number of carbonyl (C=O) groups excluding carboxylic acids is 1. The average Bonchev–Trinajstić information content (AvgIpc) is 2.68. The lowest BCUT2D eigenvalue weighted by Gasteiger charge is -2.31. The predicted octanol–water partition coefficient (Wildman–Crippen LogP) is 0.699. The molecular weight excluding hydrogens is 366 g/mol. The van der Waals surface area contributed by atoms with Gasteiger partial charge in [0.15, 0.2) is 0 Å². The zero-order valence-corrected chi connectivity index (χ0v) is 15.7. The highest BCUT2D eigenvalue weighted by Gasteiger charge is 2.26. The molecule has 1 unspecified atom stereocenters. The lowest BCUT2D eigenvalue weighted by atomic mass is 9.97. The summed E-state index contributed by atoms with van der Waals surface area (Å²) in [5.41, 5.74) is 0.936. The van der Waals surface area contributed by atoms with Crippen molar-refractivity contribution in [2.45, 2.75) is 24.2 Å². The summed E-state index contributed by atoms with van der Waals surface area (Å²) >= 11 is 0. The van der Waals surface area contributed by atoms with Crippen LogP contribution in [0.3, 0.4) is 0 Å². The predicted molar refractivity (Wildman–Crippen MR) is 101 cm³/mol. The number of nitrogens with two attached hydrogens (primary N) is 1. The minimum absolute atomic E-state index is 0.0248. The number of rotatable bonds is 6. The quantitative estimate of drug-likeness (QED) is 0.751. The molecule has 0 spiro atoms. The van der Waals surface area contributed by atoms with Crippen LogP contribution in [0.25, 0.3) is 0 Å². The van der Waals surface area contributed by atoms with E-state index < -0.39 is 10.0 Å². The molecule has 1 amide bonds. The topological polar surface area (TPSA) is 118 Å². The van der Waals surface area contributed by atoms with E-state index in [1.807, 2.05) is 4.90 Å². The molecule has 0 saturated carbocycles. The second kappa shape index (κ2) is 8.45. The molecule has 1 aromatic carbocycles. The Balaban J connectivity index is 1.49. The molecule has 9 heteroatoms. The van der Waals surface area contributed by atoms with E-state index in [1.54, 1.807) is 30.6 Å². The van der Waals surface area contributed by atoms with Crippen molar-refractivity contribution in [1.82, 2.24) is 15.3 Å². The van der Waals surface area contributed by atoms with Gasteiger partial charge in [-0.2, -0.15) is 0 Å². The van der Waals surface area contributed by atoms with Gasteiger partial charge in [0.25, 0.3) is 0 Å². The number of piperidine rings is 1. The molecule has 1 fully saturated rings. The van der Waals surface area contributed by atoms with Crippen LogP contribution in [0.1, 0.15) is 18.4 Å². The maximum absolute atomic E-state index is 12.5. The fourth-order valence-electron chi connectivity index (χ4n) is 3.15. The second-order valence-corrected chi connectivity index (χ2v) is 8.13. The number of amides is 1. The van der Waals surface area contributed by atoms with Crippen LogP contribution < -0.4 is 15.4 Å². The van der Waals surface area contributed by atoms with Crippen LogP contribution in [0.4, 0.5) is 5.95 Å². The van der Waals surface area contributed by atoms with Gasteiger partial charge in [0, 0.05) is 32.0 Å². The molecule has 3 rings (SSSR count). The SMILES string of the molecule is NS(=O)(=O)c1ccc(CCNC(=O)C2CCCN(c3ncccn3)C2)cc1. The Hall–Kier alpha value is -2.52. The lowest BCUT2D eigenvalue weighted by Crippen LogP contribution is -2.44. The Morgan fingerprint density at radius 3 is 2.59 bits per heavy atom. The summed E-state index contributed by atoms with van der Waals surface area (Å²) in [7, 11) is -3.68. The molecule has 1 aliphatic heterocycles. The van der Waals surface area contributed by atoms with Crippen molar-refractivity contribution in [1.29, 1.82) is 0 Å². The van der Waals surface area contributed by atoms with Crippen molar-refractivity contribution < 1.29 is 13.2 Å².